The number of nitrogens with zero attached hydrogens (tertiary/aromatic N) is 1. The van der Waals surface area contributed by atoms with Gasteiger partial charge in [-0.05, 0) is 36.4 Å². The third kappa shape index (κ3) is 5.76. The summed E-state index contributed by atoms with van der Waals surface area (Å²) >= 11 is 0. The van der Waals surface area contributed by atoms with Crippen molar-refractivity contribution in [3.8, 4) is 17.2 Å². The summed E-state index contributed by atoms with van der Waals surface area (Å²) in [5.41, 5.74) is 0.442. The van der Waals surface area contributed by atoms with E-state index < -0.39 is 28.5 Å². The Balaban J connectivity index is 1.73. The van der Waals surface area contributed by atoms with Crippen molar-refractivity contribution in [3.63, 3.8) is 0 Å². The van der Waals surface area contributed by atoms with Crippen LogP contribution in [-0.4, -0.2) is 78.8 Å². The SMILES string of the molecule is COC(=O)c1ccc(OCC(=O)Nc2cc(S(=O)(=O)N3CCOCC3)ccc2OC)c(OC)c1. The minimum atomic E-state index is -3.76. The highest BCUT2D eigenvalue weighted by Gasteiger charge is 2.27. The summed E-state index contributed by atoms with van der Waals surface area (Å²) in [5, 5.41) is 2.61. The number of nitrogens with one attached hydrogen (secondary N) is 1. The fourth-order valence-corrected chi connectivity index (χ4v) is 4.68. The predicted molar refractivity (Wildman–Crippen MR) is 121 cm³/mol. The van der Waals surface area contributed by atoms with E-state index in [4.69, 9.17) is 18.9 Å². The molecule has 0 atom stereocenters. The Bertz CT molecular complexity index is 1150. The Morgan fingerprint density at radius 3 is 2.29 bits per heavy atom. The van der Waals surface area contributed by atoms with E-state index in [0.29, 0.717) is 13.2 Å². The van der Waals surface area contributed by atoms with Crippen LogP contribution in [-0.2, 0) is 24.3 Å². The number of esters is 1. The van der Waals surface area contributed by atoms with Gasteiger partial charge in [-0.2, -0.15) is 4.31 Å². The first-order chi connectivity index (χ1) is 16.3. The number of benzene rings is 2. The fraction of sp³-hybridized carbons (Fsp3) is 0.364. The van der Waals surface area contributed by atoms with Crippen LogP contribution in [0.1, 0.15) is 10.4 Å². The molecule has 12 heteroatoms. The third-order valence-corrected chi connectivity index (χ3v) is 6.89. The molecule has 0 spiro atoms. The van der Waals surface area contributed by atoms with Crippen molar-refractivity contribution in [2.24, 2.45) is 0 Å². The molecule has 1 N–H and O–H groups in total. The van der Waals surface area contributed by atoms with Gasteiger partial charge in [-0.25, -0.2) is 13.2 Å². The molecule has 1 fully saturated rings. The number of methoxy groups -OCH3 is 3. The second kappa shape index (κ2) is 11.2. The topological polar surface area (TPSA) is 130 Å². The molecule has 1 heterocycles. The number of amides is 1. The van der Waals surface area contributed by atoms with Crippen LogP contribution in [0.2, 0.25) is 0 Å². The molecule has 0 aliphatic carbocycles. The second-order valence-electron chi connectivity index (χ2n) is 7.07. The minimum Gasteiger partial charge on any atom is -0.495 e. The summed E-state index contributed by atoms with van der Waals surface area (Å²) in [6.45, 7) is 0.735. The zero-order chi connectivity index (χ0) is 24.7. The average Bonchev–Trinajstić information content (AvgIpc) is 2.87. The Morgan fingerprint density at radius 1 is 0.971 bits per heavy atom. The predicted octanol–water partition coefficient (Wildman–Crippen LogP) is 1.53. The maximum Gasteiger partial charge on any atom is 0.337 e. The maximum absolute atomic E-state index is 12.9. The molecule has 1 saturated heterocycles. The summed E-state index contributed by atoms with van der Waals surface area (Å²) in [6.07, 6.45) is 0. The molecule has 2 aromatic carbocycles. The zero-order valence-corrected chi connectivity index (χ0v) is 19.8. The van der Waals surface area contributed by atoms with Crippen molar-refractivity contribution in [2.75, 3.05) is 59.6 Å². The largest absolute Gasteiger partial charge is 0.495 e. The molecule has 1 aliphatic heterocycles. The lowest BCUT2D eigenvalue weighted by atomic mass is 10.2. The lowest BCUT2D eigenvalue weighted by molar-refractivity contribution is -0.118. The van der Waals surface area contributed by atoms with Gasteiger partial charge in [0, 0.05) is 13.1 Å². The van der Waals surface area contributed by atoms with Gasteiger partial charge in [0.25, 0.3) is 5.91 Å². The summed E-state index contributed by atoms with van der Waals surface area (Å²) < 4.78 is 53.1. The molecule has 0 bridgehead atoms. The van der Waals surface area contributed by atoms with Crippen LogP contribution in [0.4, 0.5) is 5.69 Å². The Labute approximate surface area is 197 Å². The van der Waals surface area contributed by atoms with Crippen LogP contribution >= 0.6 is 0 Å². The fourth-order valence-electron chi connectivity index (χ4n) is 3.24. The number of hydrogen-bond acceptors (Lipinski definition) is 9. The zero-order valence-electron chi connectivity index (χ0n) is 19.0. The highest BCUT2D eigenvalue weighted by atomic mass is 32.2. The van der Waals surface area contributed by atoms with Crippen LogP contribution in [0.15, 0.2) is 41.3 Å². The summed E-state index contributed by atoms with van der Waals surface area (Å²) in [4.78, 5) is 24.2. The van der Waals surface area contributed by atoms with E-state index >= 15 is 0 Å². The average molecular weight is 495 g/mol. The van der Waals surface area contributed by atoms with Gasteiger partial charge in [0.2, 0.25) is 10.0 Å². The van der Waals surface area contributed by atoms with Crippen molar-refractivity contribution in [3.05, 3.63) is 42.0 Å². The molecule has 0 radical (unpaired) electrons. The van der Waals surface area contributed by atoms with E-state index in [0.717, 1.165) is 0 Å². The molecule has 0 aromatic heterocycles. The molecule has 1 aliphatic rings. The maximum atomic E-state index is 12.9. The standard InChI is InChI=1S/C22H26N2O9S/c1-29-18-7-5-16(34(27,28)24-8-10-32-11-9-24)13-17(18)23-21(25)14-33-19-6-4-15(22(26)31-3)12-20(19)30-2/h4-7,12-13H,8-11,14H2,1-3H3,(H,23,25). The first-order valence-electron chi connectivity index (χ1n) is 10.2. The van der Waals surface area contributed by atoms with Crippen LogP contribution in [0.5, 0.6) is 17.2 Å². The second-order valence-corrected chi connectivity index (χ2v) is 9.01. The van der Waals surface area contributed by atoms with Gasteiger partial charge in [-0.3, -0.25) is 4.79 Å². The first-order valence-corrected chi connectivity index (χ1v) is 11.7. The van der Waals surface area contributed by atoms with Gasteiger partial charge in [-0.1, -0.05) is 0 Å². The van der Waals surface area contributed by atoms with Gasteiger partial charge in [0.15, 0.2) is 18.1 Å². The van der Waals surface area contributed by atoms with Crippen molar-refractivity contribution < 1.29 is 41.7 Å². The van der Waals surface area contributed by atoms with E-state index in [9.17, 15) is 18.0 Å². The smallest absolute Gasteiger partial charge is 0.337 e. The molecule has 3 rings (SSSR count). The molecule has 2 aromatic rings. The number of hydrogen-bond donors (Lipinski definition) is 1. The molecule has 1 amide bonds. The summed E-state index contributed by atoms with van der Waals surface area (Å²) in [6, 6.07) is 8.62. The highest BCUT2D eigenvalue weighted by molar-refractivity contribution is 7.89. The van der Waals surface area contributed by atoms with Crippen LogP contribution < -0.4 is 19.5 Å². The molecule has 184 valence electrons. The number of sulfonamides is 1. The Morgan fingerprint density at radius 2 is 1.65 bits per heavy atom. The first kappa shape index (κ1) is 25.3. The number of rotatable bonds is 9. The van der Waals surface area contributed by atoms with Gasteiger partial charge in [0.1, 0.15) is 5.75 Å². The molecular weight excluding hydrogens is 468 g/mol. The van der Waals surface area contributed by atoms with Crippen molar-refractivity contribution >= 4 is 27.6 Å². The van der Waals surface area contributed by atoms with E-state index in [1.807, 2.05) is 0 Å². The van der Waals surface area contributed by atoms with Crippen molar-refractivity contribution in [1.29, 1.82) is 0 Å². The summed E-state index contributed by atoms with van der Waals surface area (Å²) in [5.74, 6) is -0.331. The van der Waals surface area contributed by atoms with Crippen molar-refractivity contribution in [2.45, 2.75) is 4.90 Å². The number of morpholine rings is 1. The van der Waals surface area contributed by atoms with E-state index in [2.05, 4.69) is 10.1 Å². The van der Waals surface area contributed by atoms with Crippen LogP contribution in [0.25, 0.3) is 0 Å². The van der Waals surface area contributed by atoms with E-state index in [1.54, 1.807) is 0 Å². The number of anilines is 1. The van der Waals surface area contributed by atoms with E-state index in [1.165, 1.54) is 62.0 Å². The Kier molecular flexibility index (Phi) is 8.31. The summed E-state index contributed by atoms with van der Waals surface area (Å²) in [7, 11) is 0.306. The highest BCUT2D eigenvalue weighted by Crippen LogP contribution is 2.30. The molecular formula is C22H26N2O9S. The Hall–Kier alpha value is -3.35. The normalized spacial score (nSPS) is 14.2. The van der Waals surface area contributed by atoms with Gasteiger partial charge in [0.05, 0.1) is 50.7 Å². The molecule has 0 unspecified atom stereocenters. The monoisotopic (exact) mass is 494 g/mol. The van der Waals surface area contributed by atoms with Gasteiger partial charge < -0.3 is 29.0 Å². The van der Waals surface area contributed by atoms with Crippen LogP contribution in [0.3, 0.4) is 0 Å². The number of carbonyl (C=O) groups is 2. The quantitative estimate of drug-likeness (QED) is 0.516. The van der Waals surface area contributed by atoms with E-state index in [-0.39, 0.29) is 46.5 Å². The molecule has 34 heavy (non-hydrogen) atoms. The number of carbonyl (C=O) groups excluding carboxylic acids is 2. The minimum absolute atomic E-state index is 0.0199. The lowest BCUT2D eigenvalue weighted by Gasteiger charge is -2.26. The molecule has 0 saturated carbocycles. The lowest BCUT2D eigenvalue weighted by Crippen LogP contribution is -2.40. The van der Waals surface area contributed by atoms with Gasteiger partial charge >= 0.3 is 5.97 Å². The molecule has 11 nitrogen and oxygen atoms in total. The van der Waals surface area contributed by atoms with Crippen molar-refractivity contribution in [1.82, 2.24) is 4.31 Å². The van der Waals surface area contributed by atoms with Crippen LogP contribution in [0, 0.1) is 0 Å². The van der Waals surface area contributed by atoms with Gasteiger partial charge in [-0.15, -0.1) is 0 Å². The number of ether oxygens (including phenoxy) is 5. The third-order valence-electron chi connectivity index (χ3n) is 5.00.